The molecule has 5 heterocycles. The smallest absolute Gasteiger partial charge is 0.726 e. The van der Waals surface area contributed by atoms with Gasteiger partial charge in [0, 0.05) is 56.9 Å². The molecule has 0 aromatic carbocycles. The summed E-state index contributed by atoms with van der Waals surface area (Å²) in [7, 11) is -28.6. The summed E-state index contributed by atoms with van der Waals surface area (Å²) >= 11 is 0. The van der Waals surface area contributed by atoms with Gasteiger partial charge in [0.2, 0.25) is 62.4 Å². The van der Waals surface area contributed by atoms with Gasteiger partial charge in [-0.25, -0.2) is 50.5 Å². The summed E-state index contributed by atoms with van der Waals surface area (Å²) < 4.78 is 337. The molecule has 2 N–H and O–H groups in total. The van der Waals surface area contributed by atoms with Crippen LogP contribution in [0, 0.1) is 0 Å². The third kappa shape index (κ3) is 32.1. The summed E-state index contributed by atoms with van der Waals surface area (Å²) in [6.45, 7) is -4.29. The summed E-state index contributed by atoms with van der Waals surface area (Å²) in [6.07, 6.45) is -55.5. The van der Waals surface area contributed by atoms with Crippen molar-refractivity contribution in [2.45, 2.75) is 153 Å². The van der Waals surface area contributed by atoms with E-state index < -0.39 is 248 Å². The number of carboxylic acid groups (broad SMARTS) is 2. The van der Waals surface area contributed by atoms with Crippen LogP contribution in [0.15, 0.2) is 0 Å². The minimum Gasteiger partial charge on any atom is -0.726 e. The first-order chi connectivity index (χ1) is 41.6. The molecule has 528 valence electrons. The Morgan fingerprint density at radius 2 is 0.561 bits per heavy atom. The van der Waals surface area contributed by atoms with E-state index >= 15 is 0 Å². The van der Waals surface area contributed by atoms with Crippen LogP contribution < -0.4 is 252 Å². The number of methoxy groups -OCH3 is 8. The van der Waals surface area contributed by atoms with Crippen molar-refractivity contribution in [1.29, 1.82) is 0 Å². The second-order valence-electron chi connectivity index (χ2n) is 18.7. The Kier molecular flexibility index (Phi) is 53.6. The Labute approximate surface area is 738 Å². The van der Waals surface area contributed by atoms with E-state index in [1.54, 1.807) is 0 Å². The van der Waals surface area contributed by atoms with Crippen molar-refractivity contribution in [3.63, 3.8) is 0 Å². The Morgan fingerprint density at radius 1 is 0.306 bits per heavy atom. The van der Waals surface area contributed by atoms with E-state index in [0.29, 0.717) is 0 Å². The average molecular weight is 1620 g/mol. The molecular formula is C38H57NNa8O45S6. The molecule has 5 rings (SSSR count). The molecule has 0 amide bonds. The Morgan fingerprint density at radius 3 is 0.867 bits per heavy atom. The number of carbonyl (C=O) groups is 2. The monoisotopic (exact) mass is 1620 g/mol. The van der Waals surface area contributed by atoms with Crippen LogP contribution >= 0.6 is 0 Å². The molecular weight excluding hydrogens is 1570 g/mol. The summed E-state index contributed by atoms with van der Waals surface area (Å²) in [5.74, 6) is -4.71. The van der Waals surface area contributed by atoms with E-state index in [2.05, 4.69) is 25.1 Å². The van der Waals surface area contributed by atoms with Gasteiger partial charge < -0.3 is 133 Å². The number of hydrogen-bond acceptors (Lipinski definition) is 46. The molecule has 5 saturated heterocycles. The third-order valence-electron chi connectivity index (χ3n) is 13.4. The standard InChI is InChI=1S/C38H65NO45S6.8Na/c1-62-16-12(9-70-85(44,45)46)73-34(15(39)19(16)63-2)78-23-21(65-4)28(67-6)37(80-26(23)32(40)41)77-18-14(11-72-87(50,51)52)75-38(31(84-90(59,60)61)25(18)82-88(53,54)55)79-24-22(66-5)29(68-7)36(81-27(24)33(42)43)76-17-13(10-71-86(47,48)49)74-35(69-8)30(20(17)64-3)83-89(56,57)58;;;;;;;;/h12-31,34-38H,9-11,39H2,1-8H3,(H,40,41)(H,42,43)(H,44,45,46)(H,47,48,49)(H,50,51,52)(H,53,54,55)(H,56,57,58)(H,59,60,61);;;;;;;;/q;8*+1/p-8/t12-,13-,14-,15-,16-,17-,18-,19-,20+,21+,22+,23+,24+,25+,26+,27+,28-,29-,30-,31-,34-,35+,36+,37-,38-;;;;;;;;/m1......../s1. The minimum atomic E-state index is -6.45. The van der Waals surface area contributed by atoms with Crippen LogP contribution in [0.4, 0.5) is 0 Å². The van der Waals surface area contributed by atoms with E-state index in [1.807, 2.05) is 0 Å². The fraction of sp³-hybridized carbons (Fsp3) is 0.947. The Bertz CT molecular complexity index is 3110. The molecule has 0 radical (unpaired) electrons. The first-order valence-corrected chi connectivity index (χ1v) is 32.6. The van der Waals surface area contributed by atoms with E-state index in [-0.39, 0.29) is 236 Å². The van der Waals surface area contributed by atoms with Gasteiger partial charge in [-0.05, 0) is 0 Å². The number of aliphatic carboxylic acids is 2. The van der Waals surface area contributed by atoms with E-state index in [4.69, 9.17) is 86.3 Å². The van der Waals surface area contributed by atoms with E-state index in [1.165, 1.54) is 0 Å². The van der Waals surface area contributed by atoms with Gasteiger partial charge in [-0.15, -0.1) is 0 Å². The third-order valence-corrected chi connectivity index (χ3v) is 16.1. The van der Waals surface area contributed by atoms with Gasteiger partial charge in [0.1, 0.15) is 104 Å². The molecule has 0 saturated carbocycles. The van der Waals surface area contributed by atoms with Gasteiger partial charge >= 0.3 is 236 Å². The fourth-order valence-corrected chi connectivity index (χ4v) is 12.4. The topological polar surface area (TPSA) is 662 Å². The maximum absolute atomic E-state index is 13.1. The van der Waals surface area contributed by atoms with Crippen LogP contribution in [0.25, 0.3) is 0 Å². The van der Waals surface area contributed by atoms with Crippen molar-refractivity contribution in [2.75, 3.05) is 76.7 Å². The molecule has 0 aliphatic carbocycles. The number of rotatable bonds is 33. The summed E-state index contributed by atoms with van der Waals surface area (Å²) in [5.41, 5.74) is 6.34. The van der Waals surface area contributed by atoms with Gasteiger partial charge in [-0.1, -0.05) is 0 Å². The van der Waals surface area contributed by atoms with Crippen molar-refractivity contribution in [1.82, 2.24) is 0 Å². The molecule has 0 aromatic heterocycles. The van der Waals surface area contributed by atoms with Gasteiger partial charge in [-0.2, -0.15) is 0 Å². The average Bonchev–Trinajstić information content (AvgIpc) is 0.762. The zero-order chi connectivity index (χ0) is 68.0. The number of carbonyl (C=O) groups excluding carboxylic acids is 2. The normalized spacial score (nSPS) is 35.4. The van der Waals surface area contributed by atoms with Crippen LogP contribution in [-0.2, 0) is 178 Å². The van der Waals surface area contributed by atoms with Crippen molar-refractivity contribution in [3.05, 3.63) is 0 Å². The largest absolute Gasteiger partial charge is 1.00 e. The second kappa shape index (κ2) is 47.8. The Balaban J connectivity index is -0.00000552. The number of carboxylic acids is 2. The van der Waals surface area contributed by atoms with Crippen molar-refractivity contribution < 1.29 is 440 Å². The molecule has 0 bridgehead atoms. The van der Waals surface area contributed by atoms with Crippen molar-refractivity contribution in [2.24, 2.45) is 5.73 Å². The van der Waals surface area contributed by atoms with Crippen LogP contribution in [-0.4, -0.2) is 320 Å². The van der Waals surface area contributed by atoms with Crippen LogP contribution in [0.3, 0.4) is 0 Å². The first-order valence-electron chi connectivity index (χ1n) is 24.6. The second-order valence-corrected chi connectivity index (χ2v) is 24.9. The van der Waals surface area contributed by atoms with E-state index in [9.17, 15) is 97.6 Å². The van der Waals surface area contributed by atoms with Crippen LogP contribution in [0.2, 0.25) is 0 Å². The molecule has 0 unspecified atom stereocenters. The predicted octanol–water partition coefficient (Wildman–Crippen LogP) is -36.3. The van der Waals surface area contributed by atoms with Crippen molar-refractivity contribution in [3.8, 4) is 0 Å². The predicted molar refractivity (Wildman–Crippen MR) is 254 cm³/mol. The number of hydrogen-bond donors (Lipinski definition) is 1. The minimum absolute atomic E-state index is 0. The molecule has 0 aromatic rings. The molecule has 5 aliphatic rings. The number of nitrogens with two attached hydrogens (primary N) is 1. The summed E-state index contributed by atoms with van der Waals surface area (Å²) in [6, 6.07) is -1.55. The van der Waals surface area contributed by atoms with Crippen LogP contribution in [0.1, 0.15) is 0 Å². The summed E-state index contributed by atoms with van der Waals surface area (Å²) in [4.78, 5) is 26.2. The fourth-order valence-electron chi connectivity index (χ4n) is 10.0. The van der Waals surface area contributed by atoms with Gasteiger partial charge in [0.25, 0.3) is 0 Å². The molecule has 5 fully saturated rings. The van der Waals surface area contributed by atoms with Gasteiger partial charge in [-0.3, -0.25) is 25.1 Å². The SMILES string of the molecule is CO[C@H]1O[C@H](COS(=O)(=O)[O-])[C@@H](O[C@H]2O[C@H](C(=O)[O-])[C@@H](O[C@H]3O[C@H](COS(=O)(=O)[O-])[C@@H](O[C@@H]4O[C@H](C(=O)[O-])[C@@H](O[C@H]5O[C@H](COS(=O)(=O)[O-])[C@@H](OC)[C@H](OC)[C@H]5N)[C@H](OC)[C@H]4OC)[C@H](OS(=O)(=O)[O-])[C@H]3OS(=O)(=O)[O-])[C@H](OC)[C@H]2OC)[C@H](OC)[C@H]1OS(=O)(=O)[O-].[Na+].[Na+].[Na+].[Na+].[Na+].[Na+].[Na+].[Na+]. The zero-order valence-corrected chi connectivity index (χ0v) is 75.9. The van der Waals surface area contributed by atoms with E-state index in [0.717, 1.165) is 56.9 Å². The molecule has 0 spiro atoms. The molecule has 5 aliphatic heterocycles. The van der Waals surface area contributed by atoms with Crippen molar-refractivity contribution >= 4 is 74.3 Å². The molecule has 98 heavy (non-hydrogen) atoms. The maximum atomic E-state index is 13.1. The quantitative estimate of drug-likeness (QED) is 0.0362. The summed E-state index contributed by atoms with van der Waals surface area (Å²) in [5, 5.41) is 26.2. The molecule has 46 nitrogen and oxygen atoms in total. The molecule has 25 atom stereocenters. The Hall–Kier alpha value is 5.44. The first kappa shape index (κ1) is 110. The maximum Gasteiger partial charge on any atom is 1.00 e. The molecule has 60 heteroatoms. The van der Waals surface area contributed by atoms with Gasteiger partial charge in [0.15, 0.2) is 43.7 Å². The van der Waals surface area contributed by atoms with Crippen LogP contribution in [0.5, 0.6) is 0 Å². The zero-order valence-electron chi connectivity index (χ0n) is 55.0. The number of ether oxygens (including phenoxy) is 17. The van der Waals surface area contributed by atoms with Gasteiger partial charge in [0.05, 0.1) is 37.8 Å².